The molecule has 6 nitrogen and oxygen atoms in total. The SMILES string of the molecule is CC(=O)O[C@@H]1C(c2ccc(=O)oc2)C2(C)CCC3C(CC[C@@H]4C[C@@H](O)CCC34C)[C@]23O[C@H]13. The van der Waals surface area contributed by atoms with E-state index < -0.39 is 0 Å². The van der Waals surface area contributed by atoms with Crippen molar-refractivity contribution < 1.29 is 23.8 Å². The molecule has 6 rings (SSSR count). The van der Waals surface area contributed by atoms with Crippen LogP contribution in [0.5, 0.6) is 0 Å². The van der Waals surface area contributed by atoms with Gasteiger partial charge < -0.3 is 19.0 Å². The summed E-state index contributed by atoms with van der Waals surface area (Å²) in [6, 6.07) is 3.30. The summed E-state index contributed by atoms with van der Waals surface area (Å²) in [4.78, 5) is 23.7. The molecule has 174 valence electrons. The summed E-state index contributed by atoms with van der Waals surface area (Å²) >= 11 is 0. The standard InChI is InChI=1S/C26H34O6/c1-14(27)31-22-21(15-4-7-20(29)30-13-15)25(3)11-9-18-19(26(25)23(22)32-26)6-5-16-12-17(28)8-10-24(16,18)2/h4,7,13,16-19,21-23,28H,5-6,8-12H2,1-3H3/t16-,17+,18?,19?,21?,22-,23-,24?,25?,26-/m1/s1. The van der Waals surface area contributed by atoms with Crippen molar-refractivity contribution in [2.45, 2.75) is 95.5 Å². The van der Waals surface area contributed by atoms with Gasteiger partial charge in [0, 0.05) is 24.3 Å². The summed E-state index contributed by atoms with van der Waals surface area (Å²) in [5.41, 5.74) is 0.319. The molecular formula is C26H34O6. The van der Waals surface area contributed by atoms with Gasteiger partial charge in [0.15, 0.2) is 0 Å². The van der Waals surface area contributed by atoms with E-state index in [0.717, 1.165) is 50.5 Å². The van der Waals surface area contributed by atoms with Crippen molar-refractivity contribution in [3.05, 3.63) is 34.4 Å². The fourth-order valence-corrected chi connectivity index (χ4v) is 9.10. The molecule has 0 aromatic carbocycles. The highest BCUT2D eigenvalue weighted by Gasteiger charge is 2.84. The summed E-state index contributed by atoms with van der Waals surface area (Å²) in [6.07, 6.45) is 8.20. The number of hydrogen-bond donors (Lipinski definition) is 1. The van der Waals surface area contributed by atoms with E-state index >= 15 is 0 Å². The van der Waals surface area contributed by atoms with Crippen LogP contribution in [0.15, 0.2) is 27.6 Å². The number of rotatable bonds is 2. The van der Waals surface area contributed by atoms with Gasteiger partial charge in [0.2, 0.25) is 0 Å². The zero-order chi connectivity index (χ0) is 22.5. The molecule has 1 aliphatic heterocycles. The second kappa shape index (κ2) is 6.69. The lowest BCUT2D eigenvalue weighted by Crippen LogP contribution is -2.58. The highest BCUT2D eigenvalue weighted by molar-refractivity contribution is 5.66. The molecule has 5 aliphatic rings. The summed E-state index contributed by atoms with van der Waals surface area (Å²) in [7, 11) is 0. The van der Waals surface area contributed by atoms with Crippen LogP contribution in [-0.2, 0) is 14.3 Å². The number of aliphatic hydroxyl groups excluding tert-OH is 1. The molecule has 5 fully saturated rings. The molecule has 4 saturated carbocycles. The van der Waals surface area contributed by atoms with Gasteiger partial charge >= 0.3 is 11.6 Å². The van der Waals surface area contributed by atoms with Gasteiger partial charge in [0.05, 0.1) is 12.4 Å². The molecule has 32 heavy (non-hydrogen) atoms. The Hall–Kier alpha value is -1.66. The van der Waals surface area contributed by atoms with E-state index in [1.165, 1.54) is 13.0 Å². The summed E-state index contributed by atoms with van der Waals surface area (Å²) in [6.45, 7) is 6.23. The highest BCUT2D eigenvalue weighted by Crippen LogP contribution is 2.78. The molecule has 0 amide bonds. The molecule has 0 bridgehead atoms. The van der Waals surface area contributed by atoms with E-state index in [2.05, 4.69) is 13.8 Å². The molecule has 1 N–H and O–H groups in total. The minimum atomic E-state index is -0.369. The van der Waals surface area contributed by atoms with Gasteiger partial charge in [-0.2, -0.15) is 0 Å². The van der Waals surface area contributed by atoms with E-state index in [-0.39, 0.29) is 52.3 Å². The van der Waals surface area contributed by atoms with Crippen molar-refractivity contribution >= 4 is 5.97 Å². The number of carbonyl (C=O) groups excluding carboxylic acids is 1. The lowest BCUT2D eigenvalue weighted by molar-refractivity contribution is -0.158. The summed E-state index contributed by atoms with van der Waals surface area (Å²) in [5.74, 6) is 1.24. The summed E-state index contributed by atoms with van der Waals surface area (Å²) in [5, 5.41) is 10.3. The highest BCUT2D eigenvalue weighted by atomic mass is 16.7. The molecule has 10 atom stereocenters. The Kier molecular flexibility index (Phi) is 4.37. The van der Waals surface area contributed by atoms with E-state index in [1.807, 2.05) is 6.07 Å². The van der Waals surface area contributed by atoms with Crippen LogP contribution in [0.1, 0.15) is 77.2 Å². The fourth-order valence-electron chi connectivity index (χ4n) is 9.10. The third-order valence-corrected chi connectivity index (χ3v) is 10.5. The van der Waals surface area contributed by atoms with Gasteiger partial charge in [-0.15, -0.1) is 0 Å². The maximum atomic E-state index is 12.1. The van der Waals surface area contributed by atoms with Gasteiger partial charge in [0.25, 0.3) is 0 Å². The topological polar surface area (TPSA) is 89.3 Å². The molecule has 0 radical (unpaired) electrons. The van der Waals surface area contributed by atoms with Gasteiger partial charge in [0.1, 0.15) is 17.8 Å². The minimum absolute atomic E-state index is 0.0471. The van der Waals surface area contributed by atoms with Crippen molar-refractivity contribution in [1.82, 2.24) is 0 Å². The van der Waals surface area contributed by atoms with Crippen molar-refractivity contribution in [2.24, 2.45) is 28.6 Å². The first-order valence-corrected chi connectivity index (χ1v) is 12.3. The van der Waals surface area contributed by atoms with Crippen LogP contribution >= 0.6 is 0 Å². The number of fused-ring (bicyclic) bond motifs is 3. The fraction of sp³-hybridized carbons (Fsp3) is 0.769. The van der Waals surface area contributed by atoms with Crippen LogP contribution in [0.25, 0.3) is 0 Å². The van der Waals surface area contributed by atoms with Crippen molar-refractivity contribution in [3.8, 4) is 0 Å². The number of hydrogen-bond acceptors (Lipinski definition) is 6. The molecule has 5 unspecified atom stereocenters. The zero-order valence-electron chi connectivity index (χ0n) is 19.2. The smallest absolute Gasteiger partial charge is 0.335 e. The van der Waals surface area contributed by atoms with Crippen LogP contribution in [0.3, 0.4) is 0 Å². The number of ether oxygens (including phenoxy) is 2. The molecule has 1 aromatic heterocycles. The number of carbonyl (C=O) groups is 1. The minimum Gasteiger partial charge on any atom is -0.459 e. The van der Waals surface area contributed by atoms with Crippen LogP contribution in [0, 0.1) is 28.6 Å². The van der Waals surface area contributed by atoms with Crippen molar-refractivity contribution in [3.63, 3.8) is 0 Å². The molecular weight excluding hydrogens is 408 g/mol. The van der Waals surface area contributed by atoms with Gasteiger partial charge in [-0.05, 0) is 79.7 Å². The Morgan fingerprint density at radius 2 is 1.94 bits per heavy atom. The quantitative estimate of drug-likeness (QED) is 0.554. The van der Waals surface area contributed by atoms with Crippen LogP contribution in [0.4, 0.5) is 0 Å². The van der Waals surface area contributed by atoms with Gasteiger partial charge in [-0.1, -0.05) is 13.8 Å². The molecule has 4 aliphatic carbocycles. The molecule has 6 heteroatoms. The number of esters is 1. The average Bonchev–Trinajstić information content (AvgIpc) is 3.44. The van der Waals surface area contributed by atoms with Crippen molar-refractivity contribution in [2.75, 3.05) is 0 Å². The maximum Gasteiger partial charge on any atom is 0.335 e. The van der Waals surface area contributed by atoms with Crippen LogP contribution in [0.2, 0.25) is 0 Å². The first-order valence-electron chi connectivity index (χ1n) is 12.3. The average molecular weight is 443 g/mol. The zero-order valence-corrected chi connectivity index (χ0v) is 19.2. The predicted octanol–water partition coefficient (Wildman–Crippen LogP) is 3.80. The Balaban J connectivity index is 1.41. The molecule has 1 saturated heterocycles. The number of aliphatic hydroxyl groups is 1. The first kappa shape index (κ1) is 20.9. The maximum absolute atomic E-state index is 12.1. The van der Waals surface area contributed by atoms with Crippen molar-refractivity contribution in [1.29, 1.82) is 0 Å². The predicted molar refractivity (Wildman–Crippen MR) is 116 cm³/mol. The Labute approximate surface area is 188 Å². The first-order chi connectivity index (χ1) is 15.2. The van der Waals surface area contributed by atoms with Gasteiger partial charge in [-0.3, -0.25) is 4.79 Å². The molecule has 2 heterocycles. The van der Waals surface area contributed by atoms with Gasteiger partial charge in [-0.25, -0.2) is 4.79 Å². The Bertz CT molecular complexity index is 982. The Morgan fingerprint density at radius 1 is 1.12 bits per heavy atom. The molecule has 1 aromatic rings. The van der Waals surface area contributed by atoms with E-state index in [1.54, 1.807) is 6.26 Å². The number of epoxide rings is 1. The third kappa shape index (κ3) is 2.54. The van der Waals surface area contributed by atoms with E-state index in [0.29, 0.717) is 17.8 Å². The lowest BCUT2D eigenvalue weighted by Gasteiger charge is -2.61. The normalized spacial score (nSPS) is 51.1. The third-order valence-electron chi connectivity index (χ3n) is 10.5. The van der Waals surface area contributed by atoms with E-state index in [9.17, 15) is 14.7 Å². The lowest BCUT2D eigenvalue weighted by atomic mass is 9.44. The largest absolute Gasteiger partial charge is 0.459 e. The van der Waals surface area contributed by atoms with Crippen LogP contribution in [-0.4, -0.2) is 35.0 Å². The summed E-state index contributed by atoms with van der Waals surface area (Å²) < 4.78 is 17.8. The second-order valence-electron chi connectivity index (χ2n) is 11.6. The van der Waals surface area contributed by atoms with Crippen LogP contribution < -0.4 is 5.63 Å². The molecule has 1 spiro atoms. The Morgan fingerprint density at radius 3 is 2.66 bits per heavy atom. The second-order valence-corrected chi connectivity index (χ2v) is 11.6. The monoisotopic (exact) mass is 442 g/mol. The van der Waals surface area contributed by atoms with E-state index in [4.69, 9.17) is 13.9 Å².